The van der Waals surface area contributed by atoms with Crippen molar-refractivity contribution >= 4 is 18.1 Å². The van der Waals surface area contributed by atoms with E-state index in [1.165, 1.54) is 12.1 Å². The quantitative estimate of drug-likeness (QED) is 0.240. The van der Waals surface area contributed by atoms with E-state index in [1.807, 2.05) is 6.92 Å². The fraction of sp³-hybridized carbons (Fsp3) is 0.550. The summed E-state index contributed by atoms with van der Waals surface area (Å²) in [6, 6.07) is 8.11. The summed E-state index contributed by atoms with van der Waals surface area (Å²) in [6.07, 6.45) is 3.32. The van der Waals surface area contributed by atoms with Crippen LogP contribution in [0.1, 0.15) is 69.2 Å². The van der Waals surface area contributed by atoms with Crippen LogP contribution in [0, 0.1) is 0 Å². The highest BCUT2D eigenvalue weighted by atomic mass is 17.2. The maximum atomic E-state index is 12.2. The molecule has 0 amide bonds. The zero-order chi connectivity index (χ0) is 19.9. The van der Waals surface area contributed by atoms with Crippen molar-refractivity contribution < 1.29 is 33.6 Å². The summed E-state index contributed by atoms with van der Waals surface area (Å²) < 4.78 is 9.96. The summed E-state index contributed by atoms with van der Waals surface area (Å²) in [5.41, 5.74) is 0.240. The van der Waals surface area contributed by atoms with Crippen molar-refractivity contribution in [2.75, 3.05) is 6.61 Å². The van der Waals surface area contributed by atoms with Crippen LogP contribution in [0.2, 0.25) is 0 Å². The lowest BCUT2D eigenvalue weighted by atomic mass is 10.1. The summed E-state index contributed by atoms with van der Waals surface area (Å²) in [7, 11) is 0. The standard InChI is InChI=1S/C20H28O7/c1-3-5-7-11-14-17(25-20(23)24-15-6-4-2)19(22)27-26-18(21)16-12-9-8-10-13-16/h8-10,12-13,17H,3-7,11,14-15H2,1-2H3. The van der Waals surface area contributed by atoms with Crippen LogP contribution in [0.5, 0.6) is 0 Å². The second-order valence-corrected chi connectivity index (χ2v) is 6.05. The lowest BCUT2D eigenvalue weighted by Crippen LogP contribution is -2.30. The molecule has 1 atom stereocenters. The Morgan fingerprint density at radius 1 is 0.889 bits per heavy atom. The summed E-state index contributed by atoms with van der Waals surface area (Å²) in [5.74, 6) is -1.75. The van der Waals surface area contributed by atoms with Crippen LogP contribution < -0.4 is 0 Å². The minimum atomic E-state index is -1.18. The van der Waals surface area contributed by atoms with Gasteiger partial charge < -0.3 is 9.47 Å². The SMILES string of the molecule is CCCCCCC(OC(=O)OCCCC)C(=O)OOC(=O)c1ccccc1. The zero-order valence-electron chi connectivity index (χ0n) is 16.0. The predicted molar refractivity (Wildman–Crippen MR) is 97.8 cm³/mol. The number of hydrogen-bond acceptors (Lipinski definition) is 7. The van der Waals surface area contributed by atoms with Crippen LogP contribution in [0.15, 0.2) is 30.3 Å². The van der Waals surface area contributed by atoms with Crippen molar-refractivity contribution in [1.29, 1.82) is 0 Å². The van der Waals surface area contributed by atoms with Gasteiger partial charge >= 0.3 is 18.1 Å². The molecule has 1 aromatic carbocycles. The Bertz CT molecular complexity index is 571. The Morgan fingerprint density at radius 2 is 1.59 bits per heavy atom. The van der Waals surface area contributed by atoms with E-state index >= 15 is 0 Å². The monoisotopic (exact) mass is 380 g/mol. The first-order chi connectivity index (χ1) is 13.1. The van der Waals surface area contributed by atoms with Gasteiger partial charge in [-0.2, -0.15) is 0 Å². The Morgan fingerprint density at radius 3 is 2.26 bits per heavy atom. The third-order valence-corrected chi connectivity index (χ3v) is 3.75. The third-order valence-electron chi connectivity index (χ3n) is 3.75. The molecule has 0 heterocycles. The van der Waals surface area contributed by atoms with Gasteiger partial charge in [0, 0.05) is 0 Å². The molecule has 0 aliphatic heterocycles. The average Bonchev–Trinajstić information content (AvgIpc) is 2.69. The maximum Gasteiger partial charge on any atom is 0.509 e. The zero-order valence-corrected chi connectivity index (χ0v) is 16.0. The van der Waals surface area contributed by atoms with E-state index in [2.05, 4.69) is 16.7 Å². The number of carbonyl (C=O) groups is 3. The predicted octanol–water partition coefficient (Wildman–Crippen LogP) is 4.59. The van der Waals surface area contributed by atoms with Crippen LogP contribution in [-0.4, -0.2) is 30.8 Å². The van der Waals surface area contributed by atoms with E-state index < -0.39 is 24.2 Å². The number of benzene rings is 1. The van der Waals surface area contributed by atoms with Gasteiger partial charge in [0.1, 0.15) is 0 Å². The molecule has 1 aromatic rings. The molecule has 0 saturated carbocycles. The molecule has 0 aliphatic rings. The van der Waals surface area contributed by atoms with Crippen LogP contribution >= 0.6 is 0 Å². The van der Waals surface area contributed by atoms with Crippen LogP contribution in [0.4, 0.5) is 4.79 Å². The van der Waals surface area contributed by atoms with Gasteiger partial charge in [-0.05, 0) is 31.4 Å². The van der Waals surface area contributed by atoms with E-state index in [-0.39, 0.29) is 18.6 Å². The number of hydrogen-bond donors (Lipinski definition) is 0. The van der Waals surface area contributed by atoms with E-state index in [0.29, 0.717) is 12.8 Å². The highest BCUT2D eigenvalue weighted by Crippen LogP contribution is 2.12. The first-order valence-electron chi connectivity index (χ1n) is 9.39. The summed E-state index contributed by atoms with van der Waals surface area (Å²) in [5, 5.41) is 0. The van der Waals surface area contributed by atoms with Crippen molar-refractivity contribution in [3.8, 4) is 0 Å². The first-order valence-corrected chi connectivity index (χ1v) is 9.39. The van der Waals surface area contributed by atoms with E-state index in [4.69, 9.17) is 9.47 Å². The molecule has 150 valence electrons. The number of rotatable bonds is 11. The highest BCUT2D eigenvalue weighted by Gasteiger charge is 2.27. The van der Waals surface area contributed by atoms with Crippen molar-refractivity contribution in [3.05, 3.63) is 35.9 Å². The molecule has 7 nitrogen and oxygen atoms in total. The fourth-order valence-electron chi connectivity index (χ4n) is 2.19. The second kappa shape index (κ2) is 13.6. The molecule has 0 aliphatic carbocycles. The van der Waals surface area contributed by atoms with Crippen molar-refractivity contribution in [2.45, 2.75) is 64.9 Å². The molecule has 0 aromatic heterocycles. The molecule has 1 rings (SSSR count). The Labute approximate surface area is 159 Å². The molecule has 0 saturated heterocycles. The van der Waals surface area contributed by atoms with Crippen LogP contribution in [0.3, 0.4) is 0 Å². The molecule has 0 fully saturated rings. The maximum absolute atomic E-state index is 12.2. The summed E-state index contributed by atoms with van der Waals surface area (Å²) in [6.45, 7) is 4.25. The van der Waals surface area contributed by atoms with Gasteiger partial charge in [0.05, 0.1) is 12.2 Å². The first kappa shape index (κ1) is 22.5. The minimum absolute atomic E-state index is 0.218. The Hall–Kier alpha value is -2.57. The van der Waals surface area contributed by atoms with E-state index in [0.717, 1.165) is 25.7 Å². The second-order valence-electron chi connectivity index (χ2n) is 6.05. The number of ether oxygens (including phenoxy) is 2. The molecule has 7 heteroatoms. The van der Waals surface area contributed by atoms with Crippen molar-refractivity contribution in [3.63, 3.8) is 0 Å². The van der Waals surface area contributed by atoms with Gasteiger partial charge in [-0.25, -0.2) is 24.2 Å². The highest BCUT2D eigenvalue weighted by molar-refractivity contribution is 5.89. The van der Waals surface area contributed by atoms with Crippen molar-refractivity contribution in [2.24, 2.45) is 0 Å². The Balaban J connectivity index is 2.54. The lowest BCUT2D eigenvalue weighted by molar-refractivity contribution is -0.242. The van der Waals surface area contributed by atoms with Crippen LogP contribution in [0.25, 0.3) is 0 Å². The van der Waals surface area contributed by atoms with Gasteiger partial charge in [0.25, 0.3) is 0 Å². The van der Waals surface area contributed by atoms with Gasteiger partial charge in [-0.3, -0.25) is 0 Å². The topological polar surface area (TPSA) is 88.1 Å². The summed E-state index contributed by atoms with van der Waals surface area (Å²) >= 11 is 0. The smallest absolute Gasteiger partial charge is 0.434 e. The van der Waals surface area contributed by atoms with Gasteiger partial charge in [-0.15, -0.1) is 0 Å². The minimum Gasteiger partial charge on any atom is -0.434 e. The van der Waals surface area contributed by atoms with Gasteiger partial charge in [0.2, 0.25) is 6.10 Å². The molecule has 1 unspecified atom stereocenters. The Kier molecular flexibility index (Phi) is 11.3. The van der Waals surface area contributed by atoms with Gasteiger partial charge in [0.15, 0.2) is 0 Å². The average molecular weight is 380 g/mol. The summed E-state index contributed by atoms with van der Waals surface area (Å²) in [4.78, 5) is 44.9. The normalized spacial score (nSPS) is 11.3. The number of carbonyl (C=O) groups excluding carboxylic acids is 3. The molecule has 27 heavy (non-hydrogen) atoms. The fourth-order valence-corrected chi connectivity index (χ4v) is 2.19. The molecule has 0 bridgehead atoms. The molecule has 0 radical (unpaired) electrons. The van der Waals surface area contributed by atoms with Crippen molar-refractivity contribution in [1.82, 2.24) is 0 Å². The molecular formula is C20H28O7. The van der Waals surface area contributed by atoms with E-state index in [9.17, 15) is 14.4 Å². The number of unbranched alkanes of at least 4 members (excludes halogenated alkanes) is 4. The molecule has 0 spiro atoms. The lowest BCUT2D eigenvalue weighted by Gasteiger charge is -2.15. The van der Waals surface area contributed by atoms with Crippen LogP contribution in [-0.2, 0) is 24.0 Å². The molecule has 0 N–H and O–H groups in total. The molecular weight excluding hydrogens is 352 g/mol. The van der Waals surface area contributed by atoms with Gasteiger partial charge in [-0.1, -0.05) is 57.7 Å². The third kappa shape index (κ3) is 9.63. The van der Waals surface area contributed by atoms with E-state index in [1.54, 1.807) is 18.2 Å². The largest absolute Gasteiger partial charge is 0.509 e.